The van der Waals surface area contributed by atoms with Gasteiger partial charge in [0.25, 0.3) is 0 Å². The van der Waals surface area contributed by atoms with Gasteiger partial charge in [0.1, 0.15) is 5.75 Å². The lowest BCUT2D eigenvalue weighted by Crippen LogP contribution is -2.17. The number of sulfonamides is 1. The number of hydrogen-bond acceptors (Lipinski definition) is 4. The lowest BCUT2D eigenvalue weighted by molar-refractivity contribution is 0.292. The van der Waals surface area contributed by atoms with Gasteiger partial charge in [0, 0.05) is 11.5 Å². The van der Waals surface area contributed by atoms with Crippen molar-refractivity contribution in [3.63, 3.8) is 0 Å². The van der Waals surface area contributed by atoms with Crippen LogP contribution in [-0.2, 0) is 15.4 Å². The molecule has 1 fully saturated rings. The van der Waals surface area contributed by atoms with E-state index in [0.29, 0.717) is 11.4 Å². The molecule has 1 aliphatic carbocycles. The Kier molecular flexibility index (Phi) is 3.47. The van der Waals surface area contributed by atoms with Crippen LogP contribution in [0.15, 0.2) is 12.3 Å². The molecule has 0 bridgehead atoms. The second kappa shape index (κ2) is 4.67. The molecular weight excluding hydrogens is 264 g/mol. The quantitative estimate of drug-likeness (QED) is 0.921. The maximum Gasteiger partial charge on any atom is 0.229 e. The Morgan fingerprint density at radius 3 is 2.47 bits per heavy atom. The fourth-order valence-electron chi connectivity index (χ4n) is 1.73. The van der Waals surface area contributed by atoms with Gasteiger partial charge in [0.15, 0.2) is 0 Å². The minimum atomic E-state index is -3.30. The van der Waals surface area contributed by atoms with E-state index in [1.54, 1.807) is 6.07 Å². The summed E-state index contributed by atoms with van der Waals surface area (Å²) >= 11 is 0. The number of pyridine rings is 1. The van der Waals surface area contributed by atoms with E-state index in [1.807, 2.05) is 0 Å². The molecule has 1 aromatic rings. The van der Waals surface area contributed by atoms with Gasteiger partial charge >= 0.3 is 0 Å². The number of rotatable bonds is 4. The molecule has 0 amide bonds. The summed E-state index contributed by atoms with van der Waals surface area (Å²) in [4.78, 5) is 4.36. The summed E-state index contributed by atoms with van der Waals surface area (Å²) in [7, 11) is -3.30. The van der Waals surface area contributed by atoms with Gasteiger partial charge in [0.2, 0.25) is 10.0 Å². The van der Waals surface area contributed by atoms with Gasteiger partial charge in [-0.25, -0.2) is 8.42 Å². The highest BCUT2D eigenvalue weighted by Crippen LogP contribution is 2.35. The topological polar surface area (TPSA) is 68.3 Å². The Balaban J connectivity index is 2.35. The molecule has 0 atom stereocenters. The van der Waals surface area contributed by atoms with Gasteiger partial charge in [0.05, 0.1) is 29.9 Å². The third-order valence-electron chi connectivity index (χ3n) is 2.68. The maximum absolute atomic E-state index is 11.2. The van der Waals surface area contributed by atoms with E-state index in [-0.39, 0.29) is 11.5 Å². The van der Waals surface area contributed by atoms with E-state index in [1.165, 1.54) is 6.20 Å². The van der Waals surface area contributed by atoms with E-state index in [4.69, 9.17) is 4.74 Å². The van der Waals surface area contributed by atoms with Crippen molar-refractivity contribution in [1.29, 1.82) is 0 Å². The van der Waals surface area contributed by atoms with Crippen molar-refractivity contribution in [1.82, 2.24) is 4.98 Å². The number of nitrogens with one attached hydrogen (secondary N) is 1. The zero-order valence-electron chi connectivity index (χ0n) is 11.7. The normalized spacial score (nSPS) is 16.2. The van der Waals surface area contributed by atoms with Gasteiger partial charge in [-0.3, -0.25) is 9.71 Å². The van der Waals surface area contributed by atoms with Crippen molar-refractivity contribution >= 4 is 15.7 Å². The highest BCUT2D eigenvalue weighted by atomic mass is 32.2. The Bertz CT molecular complexity index is 572. The molecule has 0 radical (unpaired) electrons. The number of anilines is 1. The first kappa shape index (κ1) is 14.1. The predicted molar refractivity (Wildman–Crippen MR) is 75.1 cm³/mol. The summed E-state index contributed by atoms with van der Waals surface area (Å²) < 4.78 is 30.8. The Hall–Kier alpha value is -1.30. The van der Waals surface area contributed by atoms with E-state index < -0.39 is 10.0 Å². The smallest absolute Gasteiger partial charge is 0.229 e. The third-order valence-corrected chi connectivity index (χ3v) is 3.29. The van der Waals surface area contributed by atoms with Crippen LogP contribution in [0.5, 0.6) is 5.75 Å². The second-order valence-electron chi connectivity index (χ2n) is 6.01. The highest BCUT2D eigenvalue weighted by molar-refractivity contribution is 7.92. The number of ether oxygens (including phenoxy) is 1. The molecule has 1 aromatic heterocycles. The molecule has 2 rings (SSSR count). The number of hydrogen-bond donors (Lipinski definition) is 1. The van der Waals surface area contributed by atoms with Crippen molar-refractivity contribution in [2.75, 3.05) is 11.0 Å². The molecule has 106 valence electrons. The van der Waals surface area contributed by atoms with Gasteiger partial charge < -0.3 is 4.74 Å². The molecule has 1 heterocycles. The van der Waals surface area contributed by atoms with E-state index in [9.17, 15) is 8.42 Å². The Morgan fingerprint density at radius 1 is 1.37 bits per heavy atom. The van der Waals surface area contributed by atoms with Gasteiger partial charge in [-0.2, -0.15) is 0 Å². The lowest BCUT2D eigenvalue weighted by Gasteiger charge is -2.22. The van der Waals surface area contributed by atoms with Crippen LogP contribution in [0.3, 0.4) is 0 Å². The van der Waals surface area contributed by atoms with Crippen LogP contribution in [0.2, 0.25) is 0 Å². The minimum Gasteiger partial charge on any atom is -0.488 e. The van der Waals surface area contributed by atoms with E-state index in [2.05, 4.69) is 30.5 Å². The van der Waals surface area contributed by atoms with Crippen molar-refractivity contribution < 1.29 is 13.2 Å². The van der Waals surface area contributed by atoms with Crippen molar-refractivity contribution in [3.05, 3.63) is 18.0 Å². The monoisotopic (exact) mass is 284 g/mol. The third kappa shape index (κ3) is 4.09. The fourth-order valence-corrected chi connectivity index (χ4v) is 2.27. The zero-order chi connectivity index (χ0) is 14.3. The molecule has 0 unspecified atom stereocenters. The molecule has 6 heteroatoms. The van der Waals surface area contributed by atoms with Crippen molar-refractivity contribution in [3.8, 4) is 5.75 Å². The molecule has 0 saturated heterocycles. The first-order valence-corrected chi connectivity index (χ1v) is 8.19. The Labute approximate surface area is 114 Å². The van der Waals surface area contributed by atoms with Crippen LogP contribution in [0, 0.1) is 0 Å². The SMILES string of the molecule is CC(C)(C)c1ncc(NS(C)(=O)=O)cc1OC1CC1. The average Bonchev–Trinajstić information content (AvgIpc) is 2.97. The standard InChI is InChI=1S/C13H20N2O3S/c1-13(2,3)12-11(18-10-5-6-10)7-9(8-14-12)15-19(4,16)17/h7-8,10,15H,5-6H2,1-4H3. The summed E-state index contributed by atoms with van der Waals surface area (Å²) in [6.45, 7) is 6.16. The molecule has 19 heavy (non-hydrogen) atoms. The van der Waals surface area contributed by atoms with Crippen LogP contribution in [-0.4, -0.2) is 25.8 Å². The largest absolute Gasteiger partial charge is 0.488 e. The molecular formula is C13H20N2O3S. The molecule has 1 N–H and O–H groups in total. The van der Waals surface area contributed by atoms with Gasteiger partial charge in [-0.05, 0) is 12.8 Å². The van der Waals surface area contributed by atoms with Crippen LogP contribution < -0.4 is 9.46 Å². The number of nitrogens with zero attached hydrogens (tertiary/aromatic N) is 1. The van der Waals surface area contributed by atoms with Gasteiger partial charge in [-0.15, -0.1) is 0 Å². The van der Waals surface area contributed by atoms with Gasteiger partial charge in [-0.1, -0.05) is 20.8 Å². The molecule has 0 spiro atoms. The van der Waals surface area contributed by atoms with Crippen LogP contribution in [0.1, 0.15) is 39.3 Å². The fraction of sp³-hybridized carbons (Fsp3) is 0.615. The maximum atomic E-state index is 11.2. The van der Waals surface area contributed by atoms with E-state index in [0.717, 1.165) is 24.8 Å². The summed E-state index contributed by atoms with van der Waals surface area (Å²) in [5.74, 6) is 0.670. The molecule has 5 nitrogen and oxygen atoms in total. The molecule has 1 saturated carbocycles. The molecule has 0 aromatic carbocycles. The summed E-state index contributed by atoms with van der Waals surface area (Å²) in [5, 5.41) is 0. The summed E-state index contributed by atoms with van der Waals surface area (Å²) in [6, 6.07) is 1.72. The Morgan fingerprint density at radius 2 is 2.00 bits per heavy atom. The van der Waals surface area contributed by atoms with Crippen molar-refractivity contribution in [2.24, 2.45) is 0 Å². The average molecular weight is 284 g/mol. The minimum absolute atomic E-state index is 0.145. The lowest BCUT2D eigenvalue weighted by atomic mass is 9.91. The van der Waals surface area contributed by atoms with E-state index >= 15 is 0 Å². The summed E-state index contributed by atoms with van der Waals surface area (Å²) in [6.07, 6.45) is 4.99. The summed E-state index contributed by atoms with van der Waals surface area (Å²) in [5.41, 5.74) is 1.14. The van der Waals surface area contributed by atoms with Crippen LogP contribution in [0.4, 0.5) is 5.69 Å². The highest BCUT2D eigenvalue weighted by Gasteiger charge is 2.28. The molecule has 0 aliphatic heterocycles. The first-order chi connectivity index (χ1) is 8.65. The first-order valence-electron chi connectivity index (χ1n) is 6.30. The zero-order valence-corrected chi connectivity index (χ0v) is 12.5. The van der Waals surface area contributed by atoms with Crippen LogP contribution in [0.25, 0.3) is 0 Å². The van der Waals surface area contributed by atoms with Crippen LogP contribution >= 0.6 is 0 Å². The predicted octanol–water partition coefficient (Wildman–Crippen LogP) is 2.29. The van der Waals surface area contributed by atoms with Crippen molar-refractivity contribution in [2.45, 2.75) is 45.1 Å². The number of aromatic nitrogens is 1. The molecule has 1 aliphatic rings. The second-order valence-corrected chi connectivity index (χ2v) is 7.76.